The number of hydrogen-bond donors (Lipinski definition) is 1. The first-order chi connectivity index (χ1) is 12.0. The van der Waals surface area contributed by atoms with E-state index in [2.05, 4.69) is 24.4 Å². The van der Waals surface area contributed by atoms with Crippen molar-refractivity contribution in [1.82, 2.24) is 4.90 Å². The van der Waals surface area contributed by atoms with Crippen LogP contribution in [0.3, 0.4) is 0 Å². The fourth-order valence-corrected chi connectivity index (χ4v) is 3.23. The average molecular weight is 337 g/mol. The van der Waals surface area contributed by atoms with Gasteiger partial charge in [0.05, 0.1) is 6.04 Å². The molecule has 1 N–H and O–H groups in total. The lowest BCUT2D eigenvalue weighted by Crippen LogP contribution is -2.53. The number of amides is 3. The number of carbonyl (C=O) groups is 2. The third-order valence-electron chi connectivity index (χ3n) is 4.72. The van der Waals surface area contributed by atoms with Crippen LogP contribution in [0.1, 0.15) is 25.5 Å². The highest BCUT2D eigenvalue weighted by atomic mass is 16.2. The molecule has 1 saturated heterocycles. The van der Waals surface area contributed by atoms with Crippen LogP contribution in [0.15, 0.2) is 54.6 Å². The van der Waals surface area contributed by atoms with E-state index in [1.165, 1.54) is 6.92 Å². The molecule has 3 rings (SSSR count). The van der Waals surface area contributed by atoms with Crippen LogP contribution in [0, 0.1) is 5.92 Å². The molecule has 1 aliphatic rings. The van der Waals surface area contributed by atoms with Crippen molar-refractivity contribution in [2.24, 2.45) is 5.92 Å². The lowest BCUT2D eigenvalue weighted by atomic mass is 9.85. The Balaban J connectivity index is 1.72. The van der Waals surface area contributed by atoms with Crippen LogP contribution in [0.25, 0.3) is 0 Å². The molecule has 0 aliphatic carbocycles. The number of nitrogens with one attached hydrogen (secondary N) is 1. The van der Waals surface area contributed by atoms with Gasteiger partial charge in [0.25, 0.3) is 0 Å². The second-order valence-corrected chi connectivity index (χ2v) is 6.54. The van der Waals surface area contributed by atoms with Crippen molar-refractivity contribution < 1.29 is 9.59 Å². The van der Waals surface area contributed by atoms with Crippen LogP contribution in [0.5, 0.6) is 0 Å². The Kier molecular flexibility index (Phi) is 4.74. The predicted octanol–water partition coefficient (Wildman–Crippen LogP) is 3.89. The summed E-state index contributed by atoms with van der Waals surface area (Å²) in [5.74, 6) is 0.382. The van der Waals surface area contributed by atoms with Crippen molar-refractivity contribution in [1.29, 1.82) is 0 Å². The first-order valence-electron chi connectivity index (χ1n) is 8.44. The van der Waals surface area contributed by atoms with E-state index in [-0.39, 0.29) is 18.0 Å². The van der Waals surface area contributed by atoms with E-state index in [0.717, 1.165) is 17.8 Å². The van der Waals surface area contributed by atoms with E-state index in [4.69, 9.17) is 0 Å². The SMILES string of the molecule is CC(=O)N(C)c1cccc(NC(=O)N2C[C@H](C)[C@H]2c2ccccc2)c1. The molecule has 0 radical (unpaired) electrons. The summed E-state index contributed by atoms with van der Waals surface area (Å²) in [6.07, 6.45) is 0. The van der Waals surface area contributed by atoms with Gasteiger partial charge in [-0.05, 0) is 29.7 Å². The number of nitrogens with zero attached hydrogens (tertiary/aromatic N) is 2. The van der Waals surface area contributed by atoms with Gasteiger partial charge in [-0.15, -0.1) is 0 Å². The third-order valence-corrected chi connectivity index (χ3v) is 4.72. The fraction of sp³-hybridized carbons (Fsp3) is 0.300. The normalized spacial score (nSPS) is 19.1. The molecule has 2 aromatic carbocycles. The smallest absolute Gasteiger partial charge is 0.317 e. The second-order valence-electron chi connectivity index (χ2n) is 6.54. The first kappa shape index (κ1) is 17.0. The third kappa shape index (κ3) is 3.50. The monoisotopic (exact) mass is 337 g/mol. The quantitative estimate of drug-likeness (QED) is 0.924. The van der Waals surface area contributed by atoms with Crippen LogP contribution >= 0.6 is 0 Å². The van der Waals surface area contributed by atoms with Crippen molar-refractivity contribution in [3.05, 3.63) is 60.2 Å². The lowest BCUT2D eigenvalue weighted by Gasteiger charge is -2.46. The van der Waals surface area contributed by atoms with Gasteiger partial charge in [0.1, 0.15) is 0 Å². The van der Waals surface area contributed by atoms with E-state index in [9.17, 15) is 9.59 Å². The minimum Gasteiger partial charge on any atom is -0.317 e. The molecular formula is C20H23N3O2. The maximum Gasteiger partial charge on any atom is 0.322 e. The van der Waals surface area contributed by atoms with Crippen LogP contribution in [-0.2, 0) is 4.79 Å². The molecule has 25 heavy (non-hydrogen) atoms. The van der Waals surface area contributed by atoms with E-state index >= 15 is 0 Å². The zero-order chi connectivity index (χ0) is 18.0. The zero-order valence-electron chi connectivity index (χ0n) is 14.8. The highest BCUT2D eigenvalue weighted by molar-refractivity contribution is 5.94. The molecule has 3 amide bonds. The number of benzene rings is 2. The summed E-state index contributed by atoms with van der Waals surface area (Å²) in [6, 6.07) is 17.4. The standard InChI is InChI=1S/C20H23N3O2/c1-14-13-23(19(14)16-8-5-4-6-9-16)20(25)21-17-10-7-11-18(12-17)22(3)15(2)24/h4-12,14,19H,13H2,1-3H3,(H,21,25)/t14-,19-/m0/s1. The van der Waals surface area contributed by atoms with Crippen LogP contribution in [-0.4, -0.2) is 30.4 Å². The molecule has 0 bridgehead atoms. The molecule has 2 aromatic rings. The minimum atomic E-state index is -0.116. The highest BCUT2D eigenvalue weighted by Gasteiger charge is 2.39. The number of anilines is 2. The molecule has 0 spiro atoms. The molecule has 1 fully saturated rings. The van der Waals surface area contributed by atoms with E-state index in [1.807, 2.05) is 41.3 Å². The van der Waals surface area contributed by atoms with Gasteiger partial charge in [0, 0.05) is 31.9 Å². The fourth-order valence-electron chi connectivity index (χ4n) is 3.23. The van der Waals surface area contributed by atoms with Gasteiger partial charge >= 0.3 is 6.03 Å². The average Bonchev–Trinajstić information content (AvgIpc) is 2.59. The Morgan fingerprint density at radius 3 is 2.48 bits per heavy atom. The van der Waals surface area contributed by atoms with Gasteiger partial charge < -0.3 is 15.1 Å². The summed E-state index contributed by atoms with van der Waals surface area (Å²) in [5, 5.41) is 2.95. The summed E-state index contributed by atoms with van der Waals surface area (Å²) in [7, 11) is 1.71. The molecule has 1 aliphatic heterocycles. The van der Waals surface area contributed by atoms with Gasteiger partial charge in [0.15, 0.2) is 0 Å². The summed E-state index contributed by atoms with van der Waals surface area (Å²) in [5.41, 5.74) is 2.59. The Morgan fingerprint density at radius 2 is 1.84 bits per heavy atom. The van der Waals surface area contributed by atoms with Crippen molar-refractivity contribution >= 4 is 23.3 Å². The topological polar surface area (TPSA) is 52.7 Å². The summed E-state index contributed by atoms with van der Waals surface area (Å²) in [4.78, 5) is 27.6. The minimum absolute atomic E-state index is 0.0517. The van der Waals surface area contributed by atoms with E-state index < -0.39 is 0 Å². The molecule has 1 heterocycles. The van der Waals surface area contributed by atoms with Crippen molar-refractivity contribution in [3.63, 3.8) is 0 Å². The van der Waals surface area contributed by atoms with Crippen molar-refractivity contribution in [2.75, 3.05) is 23.8 Å². The Morgan fingerprint density at radius 1 is 1.12 bits per heavy atom. The Labute approximate surface area is 148 Å². The molecule has 0 saturated carbocycles. The van der Waals surface area contributed by atoms with Gasteiger partial charge in [0.2, 0.25) is 5.91 Å². The van der Waals surface area contributed by atoms with Crippen LogP contribution < -0.4 is 10.2 Å². The maximum atomic E-state index is 12.7. The van der Waals surface area contributed by atoms with Crippen molar-refractivity contribution in [2.45, 2.75) is 19.9 Å². The number of hydrogen-bond acceptors (Lipinski definition) is 2. The number of urea groups is 1. The predicted molar refractivity (Wildman–Crippen MR) is 99.6 cm³/mol. The molecule has 130 valence electrons. The summed E-state index contributed by atoms with van der Waals surface area (Å²) < 4.78 is 0. The van der Waals surface area contributed by atoms with Gasteiger partial charge in [-0.2, -0.15) is 0 Å². The summed E-state index contributed by atoms with van der Waals surface area (Å²) in [6.45, 7) is 4.40. The number of likely N-dealkylation sites (tertiary alicyclic amines) is 1. The first-order valence-corrected chi connectivity index (χ1v) is 8.44. The highest BCUT2D eigenvalue weighted by Crippen LogP contribution is 2.38. The molecule has 5 nitrogen and oxygen atoms in total. The van der Waals surface area contributed by atoms with Crippen LogP contribution in [0.4, 0.5) is 16.2 Å². The Hall–Kier alpha value is -2.82. The van der Waals surface area contributed by atoms with Crippen molar-refractivity contribution in [3.8, 4) is 0 Å². The summed E-state index contributed by atoms with van der Waals surface area (Å²) >= 11 is 0. The molecule has 2 atom stereocenters. The Bertz CT molecular complexity index is 776. The molecular weight excluding hydrogens is 314 g/mol. The zero-order valence-corrected chi connectivity index (χ0v) is 14.8. The van der Waals surface area contributed by atoms with Gasteiger partial charge in [-0.1, -0.05) is 43.3 Å². The van der Waals surface area contributed by atoms with E-state index in [1.54, 1.807) is 18.0 Å². The van der Waals surface area contributed by atoms with Gasteiger partial charge in [-0.25, -0.2) is 4.79 Å². The largest absolute Gasteiger partial charge is 0.322 e. The maximum absolute atomic E-state index is 12.7. The van der Waals surface area contributed by atoms with E-state index in [0.29, 0.717) is 11.6 Å². The number of carbonyl (C=O) groups excluding carboxylic acids is 2. The molecule has 0 unspecified atom stereocenters. The van der Waals surface area contributed by atoms with Crippen LogP contribution in [0.2, 0.25) is 0 Å². The lowest BCUT2D eigenvalue weighted by molar-refractivity contribution is -0.116. The second kappa shape index (κ2) is 6.97. The molecule has 5 heteroatoms. The number of rotatable bonds is 3. The molecule has 0 aromatic heterocycles. The van der Waals surface area contributed by atoms with Gasteiger partial charge in [-0.3, -0.25) is 4.79 Å².